The highest BCUT2D eigenvalue weighted by atomic mass is 32.2. The average Bonchev–Trinajstić information content (AvgIpc) is 3.14. The second kappa shape index (κ2) is 8.40. The molecule has 3 nitrogen and oxygen atoms in total. The van der Waals surface area contributed by atoms with Crippen molar-refractivity contribution in [3.63, 3.8) is 0 Å². The summed E-state index contributed by atoms with van der Waals surface area (Å²) in [7, 11) is 0. The van der Waals surface area contributed by atoms with Gasteiger partial charge < -0.3 is 5.32 Å². The van der Waals surface area contributed by atoms with Crippen molar-refractivity contribution in [3.05, 3.63) is 71.3 Å². The number of carbonyl (C=O) groups is 1. The van der Waals surface area contributed by atoms with Gasteiger partial charge in [0.25, 0.3) is 5.91 Å². The Morgan fingerprint density at radius 2 is 1.96 bits per heavy atom. The SMILES string of the molecule is CC(NC(=O)c1ccccc1CSC1=NCCS1)c1ccccc1. The smallest absolute Gasteiger partial charge is 0.252 e. The third-order valence-corrected chi connectivity index (χ3v) is 6.12. The molecular formula is C19H20N2OS2. The van der Waals surface area contributed by atoms with E-state index in [4.69, 9.17) is 0 Å². The van der Waals surface area contributed by atoms with E-state index in [-0.39, 0.29) is 11.9 Å². The summed E-state index contributed by atoms with van der Waals surface area (Å²) in [5.41, 5.74) is 2.90. The zero-order valence-electron chi connectivity index (χ0n) is 13.6. The topological polar surface area (TPSA) is 41.5 Å². The highest BCUT2D eigenvalue weighted by Crippen LogP contribution is 2.26. The van der Waals surface area contributed by atoms with Gasteiger partial charge >= 0.3 is 0 Å². The van der Waals surface area contributed by atoms with E-state index >= 15 is 0 Å². The van der Waals surface area contributed by atoms with Crippen molar-refractivity contribution in [2.45, 2.75) is 18.7 Å². The molecule has 24 heavy (non-hydrogen) atoms. The van der Waals surface area contributed by atoms with E-state index in [2.05, 4.69) is 10.3 Å². The van der Waals surface area contributed by atoms with Crippen LogP contribution >= 0.6 is 23.5 Å². The van der Waals surface area contributed by atoms with Crippen LogP contribution in [0.4, 0.5) is 0 Å². The minimum absolute atomic E-state index is 0.0193. The van der Waals surface area contributed by atoms with Crippen LogP contribution in [0.2, 0.25) is 0 Å². The monoisotopic (exact) mass is 356 g/mol. The van der Waals surface area contributed by atoms with Crippen LogP contribution in [0.1, 0.15) is 34.5 Å². The molecule has 0 aromatic heterocycles. The van der Waals surface area contributed by atoms with Gasteiger partial charge in [-0.25, -0.2) is 0 Å². The van der Waals surface area contributed by atoms with Crippen molar-refractivity contribution in [1.29, 1.82) is 0 Å². The van der Waals surface area contributed by atoms with E-state index in [9.17, 15) is 4.79 Å². The van der Waals surface area contributed by atoms with Crippen molar-refractivity contribution >= 4 is 33.8 Å². The van der Waals surface area contributed by atoms with E-state index in [0.717, 1.165) is 39.1 Å². The lowest BCUT2D eigenvalue weighted by molar-refractivity contribution is 0.0939. The summed E-state index contributed by atoms with van der Waals surface area (Å²) in [6, 6.07) is 17.8. The van der Waals surface area contributed by atoms with Crippen LogP contribution in [-0.2, 0) is 5.75 Å². The fraction of sp³-hybridized carbons (Fsp3) is 0.263. The molecule has 0 radical (unpaired) electrons. The highest BCUT2D eigenvalue weighted by molar-refractivity contribution is 8.38. The Bertz CT molecular complexity index is 731. The number of hydrogen-bond acceptors (Lipinski definition) is 4. The quantitative estimate of drug-likeness (QED) is 0.857. The normalized spacial score (nSPS) is 15.0. The lowest BCUT2D eigenvalue weighted by atomic mass is 10.1. The summed E-state index contributed by atoms with van der Waals surface area (Å²) < 4.78 is 1.13. The number of nitrogens with one attached hydrogen (secondary N) is 1. The van der Waals surface area contributed by atoms with Crippen LogP contribution in [0.15, 0.2) is 59.6 Å². The third kappa shape index (κ3) is 4.42. The largest absolute Gasteiger partial charge is 0.346 e. The second-order valence-electron chi connectivity index (χ2n) is 5.55. The zero-order valence-corrected chi connectivity index (χ0v) is 15.2. The van der Waals surface area contributed by atoms with Crippen LogP contribution < -0.4 is 5.32 Å². The summed E-state index contributed by atoms with van der Waals surface area (Å²) in [4.78, 5) is 17.1. The van der Waals surface area contributed by atoms with Gasteiger partial charge in [0.15, 0.2) is 0 Å². The minimum atomic E-state index is -0.0245. The number of hydrogen-bond donors (Lipinski definition) is 1. The van der Waals surface area contributed by atoms with Gasteiger partial charge in [-0.2, -0.15) is 0 Å². The van der Waals surface area contributed by atoms with Gasteiger partial charge in [-0.05, 0) is 24.1 Å². The minimum Gasteiger partial charge on any atom is -0.346 e. The molecule has 0 fully saturated rings. The number of carbonyl (C=O) groups excluding carboxylic acids is 1. The van der Waals surface area contributed by atoms with E-state index in [1.165, 1.54) is 0 Å². The Morgan fingerprint density at radius 3 is 2.71 bits per heavy atom. The molecule has 1 unspecified atom stereocenters. The molecule has 1 N–H and O–H groups in total. The van der Waals surface area contributed by atoms with Crippen molar-refractivity contribution in [1.82, 2.24) is 5.32 Å². The number of nitrogens with zero attached hydrogens (tertiary/aromatic N) is 1. The van der Waals surface area contributed by atoms with Gasteiger partial charge in [0.2, 0.25) is 0 Å². The maximum atomic E-state index is 12.7. The lowest BCUT2D eigenvalue weighted by Crippen LogP contribution is -2.27. The van der Waals surface area contributed by atoms with E-state index < -0.39 is 0 Å². The molecule has 0 saturated carbocycles. The molecule has 0 aliphatic carbocycles. The molecule has 0 bridgehead atoms. The maximum Gasteiger partial charge on any atom is 0.252 e. The van der Waals surface area contributed by atoms with Crippen LogP contribution in [-0.4, -0.2) is 22.6 Å². The molecular weight excluding hydrogens is 336 g/mol. The Kier molecular flexibility index (Phi) is 5.99. The van der Waals surface area contributed by atoms with Crippen LogP contribution in [0.25, 0.3) is 0 Å². The fourth-order valence-corrected chi connectivity index (χ4v) is 4.52. The predicted molar refractivity (Wildman–Crippen MR) is 105 cm³/mol. The number of benzene rings is 2. The van der Waals surface area contributed by atoms with Gasteiger partial charge in [-0.15, -0.1) is 0 Å². The van der Waals surface area contributed by atoms with E-state index in [1.807, 2.05) is 61.5 Å². The van der Waals surface area contributed by atoms with Crippen molar-refractivity contribution < 1.29 is 4.79 Å². The average molecular weight is 357 g/mol. The fourth-order valence-electron chi connectivity index (χ4n) is 2.51. The molecule has 0 saturated heterocycles. The molecule has 124 valence electrons. The molecule has 3 rings (SSSR count). The summed E-state index contributed by atoms with van der Waals surface area (Å²) in [6.07, 6.45) is 0. The molecule has 1 atom stereocenters. The molecule has 0 spiro atoms. The summed E-state index contributed by atoms with van der Waals surface area (Å²) in [5.74, 6) is 1.82. The first kappa shape index (κ1) is 17.1. The van der Waals surface area contributed by atoms with Crippen molar-refractivity contribution in [2.24, 2.45) is 4.99 Å². The van der Waals surface area contributed by atoms with Gasteiger partial charge in [0, 0.05) is 17.1 Å². The zero-order chi connectivity index (χ0) is 16.8. The molecule has 1 amide bonds. The first-order chi connectivity index (χ1) is 11.7. The molecule has 5 heteroatoms. The van der Waals surface area contributed by atoms with Crippen molar-refractivity contribution in [3.8, 4) is 0 Å². The van der Waals surface area contributed by atoms with E-state index in [1.54, 1.807) is 23.5 Å². The standard InChI is InChI=1S/C19H20N2OS2/c1-14(15-7-3-2-4-8-15)21-18(22)17-10-6-5-9-16(17)13-24-19-20-11-12-23-19/h2-10,14H,11-13H2,1H3,(H,21,22). The van der Waals surface area contributed by atoms with Gasteiger partial charge in [0.1, 0.15) is 4.38 Å². The third-order valence-electron chi connectivity index (χ3n) is 3.82. The maximum absolute atomic E-state index is 12.7. The summed E-state index contributed by atoms with van der Waals surface area (Å²) >= 11 is 3.51. The molecule has 2 aromatic rings. The molecule has 2 aromatic carbocycles. The molecule has 1 aliphatic heterocycles. The number of amides is 1. The molecule has 1 aliphatic rings. The first-order valence-electron chi connectivity index (χ1n) is 7.98. The summed E-state index contributed by atoms with van der Waals surface area (Å²) in [5, 5.41) is 3.10. The Labute approximate surface area is 151 Å². The van der Waals surface area contributed by atoms with Crippen LogP contribution in [0.5, 0.6) is 0 Å². The Morgan fingerprint density at radius 1 is 1.21 bits per heavy atom. The highest BCUT2D eigenvalue weighted by Gasteiger charge is 2.16. The lowest BCUT2D eigenvalue weighted by Gasteiger charge is -2.16. The van der Waals surface area contributed by atoms with Crippen molar-refractivity contribution in [2.75, 3.05) is 12.3 Å². The van der Waals surface area contributed by atoms with Crippen LogP contribution in [0.3, 0.4) is 0 Å². The summed E-state index contributed by atoms with van der Waals surface area (Å²) in [6.45, 7) is 2.91. The molecule has 1 heterocycles. The first-order valence-corrected chi connectivity index (χ1v) is 9.95. The van der Waals surface area contributed by atoms with E-state index in [0.29, 0.717) is 0 Å². The Balaban J connectivity index is 1.68. The number of aliphatic imine (C=N–C) groups is 1. The number of rotatable bonds is 5. The van der Waals surface area contributed by atoms with Crippen LogP contribution in [0, 0.1) is 0 Å². The van der Waals surface area contributed by atoms with Gasteiger partial charge in [-0.3, -0.25) is 9.79 Å². The predicted octanol–water partition coefficient (Wildman–Crippen LogP) is 4.51. The van der Waals surface area contributed by atoms with Gasteiger partial charge in [-0.1, -0.05) is 72.1 Å². The second-order valence-corrected chi connectivity index (χ2v) is 7.85. The number of thioether (sulfide) groups is 2. The van der Waals surface area contributed by atoms with Gasteiger partial charge in [0.05, 0.1) is 12.6 Å². The Hall–Kier alpha value is -1.72.